The zero-order valence-corrected chi connectivity index (χ0v) is 15.2. The molecule has 1 atom stereocenters. The summed E-state index contributed by atoms with van der Waals surface area (Å²) in [5, 5.41) is 4.24. The van der Waals surface area contributed by atoms with Crippen molar-refractivity contribution in [2.75, 3.05) is 7.11 Å². The molecule has 22 heavy (non-hydrogen) atoms. The van der Waals surface area contributed by atoms with Crippen LogP contribution in [0.25, 0.3) is 11.4 Å². The second kappa shape index (κ2) is 10.3. The van der Waals surface area contributed by atoms with Gasteiger partial charge in [0.15, 0.2) is 18.6 Å². The van der Waals surface area contributed by atoms with Crippen LogP contribution in [0.2, 0.25) is 0 Å². The van der Waals surface area contributed by atoms with Crippen molar-refractivity contribution in [1.29, 1.82) is 0 Å². The van der Waals surface area contributed by atoms with Crippen LogP contribution < -0.4 is 27.4 Å². The summed E-state index contributed by atoms with van der Waals surface area (Å²) < 4.78 is 6.27. The van der Waals surface area contributed by atoms with Crippen molar-refractivity contribution in [1.82, 2.24) is 15.1 Å². The molecule has 1 unspecified atom stereocenters. The molecule has 0 saturated heterocycles. The van der Waals surface area contributed by atoms with E-state index >= 15 is 0 Å². The standard InChI is InChI=1S/C13H16N5O2.2BrH/c1-20-13(19)11(14)4-8-18-7-3-10(9-17-18)12-15-5-2-6-16-12;;/h2-3,5-7,9,11H,4,8,14H2,1H3;2*1H/q+1;;/p-1. The largest absolute Gasteiger partial charge is 1.00 e. The van der Waals surface area contributed by atoms with Crippen molar-refractivity contribution >= 4 is 23.0 Å². The minimum atomic E-state index is -0.633. The molecule has 0 spiro atoms. The van der Waals surface area contributed by atoms with Crippen LogP contribution in [0.5, 0.6) is 0 Å². The maximum Gasteiger partial charge on any atom is 0.322 e. The Labute approximate surface area is 149 Å². The minimum absolute atomic E-state index is 0. The summed E-state index contributed by atoms with van der Waals surface area (Å²) in [6, 6.07) is 2.99. The first kappa shape index (κ1) is 20.6. The molecule has 2 aromatic rings. The van der Waals surface area contributed by atoms with E-state index in [0.29, 0.717) is 18.8 Å². The number of hydrogen-bond acceptors (Lipinski definition) is 6. The van der Waals surface area contributed by atoms with E-state index in [1.165, 1.54) is 7.11 Å². The highest BCUT2D eigenvalue weighted by atomic mass is 79.9. The molecule has 0 aliphatic heterocycles. The summed E-state index contributed by atoms with van der Waals surface area (Å²) in [5.74, 6) is 0.207. The van der Waals surface area contributed by atoms with Crippen molar-refractivity contribution < 1.29 is 31.2 Å². The molecule has 0 saturated carbocycles. The first-order chi connectivity index (χ1) is 9.70. The van der Waals surface area contributed by atoms with E-state index < -0.39 is 12.0 Å². The number of nitrogens with zero attached hydrogens (tertiary/aromatic N) is 4. The van der Waals surface area contributed by atoms with Crippen LogP contribution >= 0.6 is 17.0 Å². The molecule has 2 rings (SSSR count). The van der Waals surface area contributed by atoms with E-state index in [9.17, 15) is 4.79 Å². The molecule has 9 heteroatoms. The SMILES string of the molecule is Br.COC(=O)C(N)CC[n+]1ccc(-c2ncccn2)cn1.[Br-]. The Kier molecular flexibility index (Phi) is 9.63. The van der Waals surface area contributed by atoms with Gasteiger partial charge < -0.3 is 27.5 Å². The molecule has 0 fully saturated rings. The van der Waals surface area contributed by atoms with E-state index in [4.69, 9.17) is 5.73 Å². The van der Waals surface area contributed by atoms with Crippen molar-refractivity contribution in [2.24, 2.45) is 5.73 Å². The number of esters is 1. The van der Waals surface area contributed by atoms with Gasteiger partial charge in [0.2, 0.25) is 0 Å². The van der Waals surface area contributed by atoms with Gasteiger partial charge >= 0.3 is 5.97 Å². The number of carbonyl (C=O) groups is 1. The van der Waals surface area contributed by atoms with Crippen LogP contribution in [0.1, 0.15) is 6.42 Å². The van der Waals surface area contributed by atoms with Gasteiger partial charge in [-0.3, -0.25) is 4.79 Å². The first-order valence-corrected chi connectivity index (χ1v) is 6.17. The Morgan fingerprint density at radius 1 is 1.41 bits per heavy atom. The lowest BCUT2D eigenvalue weighted by Gasteiger charge is -2.05. The fraction of sp³-hybridized carbons (Fsp3) is 0.308. The number of halogens is 2. The number of rotatable bonds is 5. The highest BCUT2D eigenvalue weighted by Gasteiger charge is 2.16. The van der Waals surface area contributed by atoms with Crippen molar-refractivity contribution in [2.45, 2.75) is 19.0 Å². The normalized spacial score (nSPS) is 10.8. The minimum Gasteiger partial charge on any atom is -1.00 e. The zero-order chi connectivity index (χ0) is 14.4. The number of carbonyl (C=O) groups excluding carboxylic acids is 1. The second-order valence-corrected chi connectivity index (χ2v) is 4.17. The Bertz CT molecular complexity index is 568. The van der Waals surface area contributed by atoms with Gasteiger partial charge in [0.05, 0.1) is 7.11 Å². The van der Waals surface area contributed by atoms with Crippen LogP contribution in [0.4, 0.5) is 0 Å². The highest BCUT2D eigenvalue weighted by Crippen LogP contribution is 2.09. The third-order valence-electron chi connectivity index (χ3n) is 2.77. The molecule has 2 heterocycles. The summed E-state index contributed by atoms with van der Waals surface area (Å²) in [7, 11) is 1.32. The van der Waals surface area contributed by atoms with Crippen molar-refractivity contribution in [3.63, 3.8) is 0 Å². The van der Waals surface area contributed by atoms with E-state index in [2.05, 4.69) is 19.8 Å². The predicted molar refractivity (Wildman–Crippen MR) is 80.4 cm³/mol. The molecule has 0 aliphatic carbocycles. The van der Waals surface area contributed by atoms with Gasteiger partial charge in [-0.25, -0.2) is 9.97 Å². The Hall–Kier alpha value is -1.45. The topological polar surface area (TPSA) is 94.9 Å². The van der Waals surface area contributed by atoms with Gasteiger partial charge in [-0.15, -0.1) is 17.0 Å². The third kappa shape index (κ3) is 5.74. The van der Waals surface area contributed by atoms with Gasteiger partial charge in [0.1, 0.15) is 12.2 Å². The van der Waals surface area contributed by atoms with Gasteiger partial charge in [0.25, 0.3) is 0 Å². The molecular formula is C13H17Br2N5O2. The summed E-state index contributed by atoms with van der Waals surface area (Å²) >= 11 is 0. The lowest BCUT2D eigenvalue weighted by atomic mass is 10.2. The van der Waals surface area contributed by atoms with Crippen LogP contribution in [0, 0.1) is 0 Å². The lowest BCUT2D eigenvalue weighted by molar-refractivity contribution is -0.754. The second-order valence-electron chi connectivity index (χ2n) is 4.17. The number of nitrogens with two attached hydrogens (primary N) is 1. The maximum absolute atomic E-state index is 11.2. The number of ether oxygens (including phenoxy) is 1. The molecule has 0 radical (unpaired) electrons. The number of methoxy groups -OCH3 is 1. The summed E-state index contributed by atoms with van der Waals surface area (Å²) in [6.45, 7) is 0.534. The van der Waals surface area contributed by atoms with Gasteiger partial charge in [-0.05, 0) is 11.2 Å². The first-order valence-electron chi connectivity index (χ1n) is 6.17. The van der Waals surface area contributed by atoms with Gasteiger partial charge in [-0.2, -0.15) is 0 Å². The van der Waals surface area contributed by atoms with Crippen LogP contribution in [0.3, 0.4) is 0 Å². The molecule has 0 bridgehead atoms. The van der Waals surface area contributed by atoms with E-state index in [0.717, 1.165) is 5.56 Å². The van der Waals surface area contributed by atoms with Crippen molar-refractivity contribution in [3.8, 4) is 11.4 Å². The third-order valence-corrected chi connectivity index (χ3v) is 2.77. The molecule has 0 aliphatic rings. The smallest absolute Gasteiger partial charge is 0.322 e. The number of aromatic nitrogens is 4. The zero-order valence-electron chi connectivity index (χ0n) is 11.9. The number of aryl methyl sites for hydroxylation is 1. The summed E-state index contributed by atoms with van der Waals surface area (Å²) in [6.07, 6.45) is 7.30. The molecule has 7 nitrogen and oxygen atoms in total. The Morgan fingerprint density at radius 2 is 2.09 bits per heavy atom. The molecule has 0 amide bonds. The average molecular weight is 435 g/mol. The lowest BCUT2D eigenvalue weighted by Crippen LogP contribution is -3.00. The average Bonchev–Trinajstić information content (AvgIpc) is 2.53. The monoisotopic (exact) mass is 433 g/mol. The van der Waals surface area contributed by atoms with Gasteiger partial charge in [0, 0.05) is 30.4 Å². The Balaban J connectivity index is 0.00000220. The van der Waals surface area contributed by atoms with E-state index in [1.54, 1.807) is 35.5 Å². The van der Waals surface area contributed by atoms with E-state index in [1.807, 2.05) is 6.07 Å². The molecular weight excluding hydrogens is 418 g/mol. The molecule has 2 aromatic heterocycles. The van der Waals surface area contributed by atoms with Crippen molar-refractivity contribution in [3.05, 3.63) is 36.9 Å². The Morgan fingerprint density at radius 3 is 2.64 bits per heavy atom. The van der Waals surface area contributed by atoms with Crippen LogP contribution in [-0.2, 0) is 16.1 Å². The van der Waals surface area contributed by atoms with E-state index in [-0.39, 0.29) is 34.0 Å². The van der Waals surface area contributed by atoms with Gasteiger partial charge in [-0.1, -0.05) is 4.68 Å². The summed E-state index contributed by atoms with van der Waals surface area (Å²) in [4.78, 5) is 19.5. The number of hydrogen-bond donors (Lipinski definition) is 1. The van der Waals surface area contributed by atoms with Crippen LogP contribution in [0.15, 0.2) is 36.9 Å². The fourth-order valence-corrected chi connectivity index (χ4v) is 1.64. The summed E-state index contributed by atoms with van der Waals surface area (Å²) in [5.41, 5.74) is 6.49. The molecule has 0 aromatic carbocycles. The molecule has 2 N–H and O–H groups in total. The predicted octanol–water partition coefficient (Wildman–Crippen LogP) is -2.70. The maximum atomic E-state index is 11.2. The molecule has 120 valence electrons. The van der Waals surface area contributed by atoms with Crippen LogP contribution in [-0.4, -0.2) is 34.2 Å². The highest BCUT2D eigenvalue weighted by molar-refractivity contribution is 8.93. The fourth-order valence-electron chi connectivity index (χ4n) is 1.64. The quantitative estimate of drug-likeness (QED) is 0.406.